The van der Waals surface area contributed by atoms with E-state index in [1.54, 1.807) is 18.2 Å². The Morgan fingerprint density at radius 2 is 1.68 bits per heavy atom. The lowest BCUT2D eigenvalue weighted by molar-refractivity contribution is 0.0696. The van der Waals surface area contributed by atoms with Crippen molar-refractivity contribution in [1.29, 1.82) is 0 Å². The summed E-state index contributed by atoms with van der Waals surface area (Å²) in [6.07, 6.45) is 0. The molecule has 98 valence electrons. The molecule has 3 nitrogen and oxygen atoms in total. The van der Waals surface area contributed by atoms with Gasteiger partial charge in [-0.2, -0.15) is 0 Å². The monoisotopic (exact) mass is 256 g/mol. The molecule has 0 heterocycles. The predicted molar refractivity (Wildman–Crippen MR) is 74.0 cm³/mol. The summed E-state index contributed by atoms with van der Waals surface area (Å²) in [6.45, 7) is 4.23. The Labute approximate surface area is 112 Å². The number of aromatic carboxylic acids is 1. The zero-order chi connectivity index (χ0) is 13.8. The average Bonchev–Trinajstić information content (AvgIpc) is 2.39. The van der Waals surface area contributed by atoms with Crippen molar-refractivity contribution in [2.75, 3.05) is 0 Å². The third-order valence-electron chi connectivity index (χ3n) is 2.84. The molecule has 0 radical (unpaired) electrons. The molecule has 0 spiro atoms. The van der Waals surface area contributed by atoms with Crippen LogP contribution in [-0.2, 0) is 0 Å². The van der Waals surface area contributed by atoms with Gasteiger partial charge in [0.15, 0.2) is 0 Å². The summed E-state index contributed by atoms with van der Waals surface area (Å²) in [6, 6.07) is 14.3. The summed E-state index contributed by atoms with van der Waals surface area (Å²) in [5.74, 6) is 0.713. The molecule has 2 rings (SSSR count). The van der Waals surface area contributed by atoms with Gasteiger partial charge in [-0.3, -0.25) is 0 Å². The second-order valence-corrected chi connectivity index (χ2v) is 4.66. The first-order chi connectivity index (χ1) is 9.06. The van der Waals surface area contributed by atoms with Crippen LogP contribution >= 0.6 is 0 Å². The number of benzene rings is 2. The van der Waals surface area contributed by atoms with Crippen LogP contribution in [0.15, 0.2) is 48.5 Å². The van der Waals surface area contributed by atoms with Gasteiger partial charge in [-0.15, -0.1) is 0 Å². The average molecular weight is 256 g/mol. The maximum atomic E-state index is 10.9. The minimum atomic E-state index is -0.957. The van der Waals surface area contributed by atoms with Crippen molar-refractivity contribution >= 4 is 5.97 Å². The Kier molecular flexibility index (Phi) is 3.85. The molecule has 3 heteroatoms. The first-order valence-corrected chi connectivity index (χ1v) is 6.17. The van der Waals surface area contributed by atoms with Gasteiger partial charge in [0.25, 0.3) is 0 Å². The first kappa shape index (κ1) is 13.1. The molecule has 0 bridgehead atoms. The molecule has 0 saturated carbocycles. The molecule has 0 aliphatic heterocycles. The van der Waals surface area contributed by atoms with E-state index in [4.69, 9.17) is 9.84 Å². The molecule has 0 aliphatic carbocycles. The van der Waals surface area contributed by atoms with Crippen LogP contribution in [0.3, 0.4) is 0 Å². The second-order valence-electron chi connectivity index (χ2n) is 4.66. The fourth-order valence-corrected chi connectivity index (χ4v) is 1.77. The van der Waals surface area contributed by atoms with Crippen LogP contribution < -0.4 is 4.74 Å². The van der Waals surface area contributed by atoms with E-state index in [0.29, 0.717) is 17.4 Å². The van der Waals surface area contributed by atoms with Crippen molar-refractivity contribution in [2.24, 2.45) is 0 Å². The van der Waals surface area contributed by atoms with Crippen molar-refractivity contribution in [3.05, 3.63) is 59.7 Å². The Morgan fingerprint density at radius 1 is 1.05 bits per heavy atom. The van der Waals surface area contributed by atoms with Crippen LogP contribution in [-0.4, -0.2) is 11.1 Å². The Balaban J connectivity index is 2.23. The standard InChI is InChI=1S/C16H16O3/c1-11(2)12-5-3-7-14(9-12)19-15-8-4-6-13(10-15)16(17)18/h3-11H,1-2H3,(H,17,18). The highest BCUT2D eigenvalue weighted by atomic mass is 16.5. The summed E-state index contributed by atoms with van der Waals surface area (Å²) in [5, 5.41) is 8.94. The molecule has 0 aromatic heterocycles. The SMILES string of the molecule is CC(C)c1cccc(Oc2cccc(C(=O)O)c2)c1. The highest BCUT2D eigenvalue weighted by Crippen LogP contribution is 2.25. The zero-order valence-electron chi connectivity index (χ0n) is 11.0. The normalized spacial score (nSPS) is 10.5. The lowest BCUT2D eigenvalue weighted by Crippen LogP contribution is -1.96. The van der Waals surface area contributed by atoms with Crippen LogP contribution in [0.5, 0.6) is 11.5 Å². The minimum Gasteiger partial charge on any atom is -0.478 e. The van der Waals surface area contributed by atoms with Crippen molar-refractivity contribution < 1.29 is 14.6 Å². The van der Waals surface area contributed by atoms with Gasteiger partial charge in [-0.25, -0.2) is 4.79 Å². The summed E-state index contributed by atoms with van der Waals surface area (Å²) in [7, 11) is 0. The fourth-order valence-electron chi connectivity index (χ4n) is 1.77. The quantitative estimate of drug-likeness (QED) is 0.887. The van der Waals surface area contributed by atoms with Crippen molar-refractivity contribution in [3.8, 4) is 11.5 Å². The highest BCUT2D eigenvalue weighted by Gasteiger charge is 2.06. The lowest BCUT2D eigenvalue weighted by Gasteiger charge is -2.10. The number of rotatable bonds is 4. The van der Waals surface area contributed by atoms with E-state index < -0.39 is 5.97 Å². The zero-order valence-corrected chi connectivity index (χ0v) is 11.0. The smallest absolute Gasteiger partial charge is 0.335 e. The molecule has 19 heavy (non-hydrogen) atoms. The van der Waals surface area contributed by atoms with Crippen molar-refractivity contribution in [3.63, 3.8) is 0 Å². The molecular formula is C16H16O3. The van der Waals surface area contributed by atoms with E-state index in [2.05, 4.69) is 13.8 Å². The maximum absolute atomic E-state index is 10.9. The van der Waals surface area contributed by atoms with Gasteiger partial charge in [0, 0.05) is 0 Å². The second kappa shape index (κ2) is 5.57. The molecule has 0 saturated heterocycles. The highest BCUT2D eigenvalue weighted by molar-refractivity contribution is 5.88. The van der Waals surface area contributed by atoms with Crippen LogP contribution in [0.1, 0.15) is 35.7 Å². The van der Waals surface area contributed by atoms with E-state index >= 15 is 0 Å². The Hall–Kier alpha value is -2.29. The van der Waals surface area contributed by atoms with Gasteiger partial charge in [0.05, 0.1) is 5.56 Å². The number of hydrogen-bond acceptors (Lipinski definition) is 2. The third-order valence-corrected chi connectivity index (χ3v) is 2.84. The first-order valence-electron chi connectivity index (χ1n) is 6.17. The minimum absolute atomic E-state index is 0.220. The lowest BCUT2D eigenvalue weighted by atomic mass is 10.0. The number of carboxylic acids is 1. The number of carbonyl (C=O) groups is 1. The van der Waals surface area contributed by atoms with Crippen molar-refractivity contribution in [2.45, 2.75) is 19.8 Å². The van der Waals surface area contributed by atoms with E-state index in [1.807, 2.05) is 24.3 Å². The molecular weight excluding hydrogens is 240 g/mol. The van der Waals surface area contributed by atoms with E-state index in [9.17, 15) is 4.79 Å². The van der Waals surface area contributed by atoms with Crippen LogP contribution in [0, 0.1) is 0 Å². The van der Waals surface area contributed by atoms with E-state index in [0.717, 1.165) is 0 Å². The largest absolute Gasteiger partial charge is 0.478 e. The number of ether oxygens (including phenoxy) is 1. The molecule has 0 aliphatic rings. The number of hydrogen-bond donors (Lipinski definition) is 1. The summed E-state index contributed by atoms with van der Waals surface area (Å²) >= 11 is 0. The molecule has 0 amide bonds. The third kappa shape index (κ3) is 3.35. The summed E-state index contributed by atoms with van der Waals surface area (Å²) < 4.78 is 5.70. The van der Waals surface area contributed by atoms with Gasteiger partial charge >= 0.3 is 5.97 Å². The molecule has 0 fully saturated rings. The Bertz CT molecular complexity index is 588. The molecule has 2 aromatic rings. The van der Waals surface area contributed by atoms with Gasteiger partial charge < -0.3 is 9.84 Å². The van der Waals surface area contributed by atoms with Gasteiger partial charge in [0.1, 0.15) is 11.5 Å². The van der Waals surface area contributed by atoms with Gasteiger partial charge in [-0.05, 0) is 41.8 Å². The molecule has 1 N–H and O–H groups in total. The maximum Gasteiger partial charge on any atom is 0.335 e. The number of carboxylic acid groups (broad SMARTS) is 1. The van der Waals surface area contributed by atoms with Crippen LogP contribution in [0.2, 0.25) is 0 Å². The van der Waals surface area contributed by atoms with Gasteiger partial charge in [-0.1, -0.05) is 32.0 Å². The fraction of sp³-hybridized carbons (Fsp3) is 0.188. The van der Waals surface area contributed by atoms with E-state index in [-0.39, 0.29) is 5.56 Å². The Morgan fingerprint density at radius 3 is 2.32 bits per heavy atom. The molecule has 0 unspecified atom stereocenters. The summed E-state index contributed by atoms with van der Waals surface area (Å²) in [4.78, 5) is 10.9. The van der Waals surface area contributed by atoms with Crippen LogP contribution in [0.25, 0.3) is 0 Å². The van der Waals surface area contributed by atoms with Crippen LogP contribution in [0.4, 0.5) is 0 Å². The van der Waals surface area contributed by atoms with Crippen molar-refractivity contribution in [1.82, 2.24) is 0 Å². The molecule has 2 aromatic carbocycles. The van der Waals surface area contributed by atoms with E-state index in [1.165, 1.54) is 11.6 Å². The topological polar surface area (TPSA) is 46.5 Å². The molecule has 0 atom stereocenters. The summed E-state index contributed by atoms with van der Waals surface area (Å²) in [5.41, 5.74) is 1.41. The van der Waals surface area contributed by atoms with Gasteiger partial charge in [0.2, 0.25) is 0 Å². The predicted octanol–water partition coefficient (Wildman–Crippen LogP) is 4.30.